The molecule has 3 heterocycles. The van der Waals surface area contributed by atoms with Crippen LogP contribution in [0.4, 0.5) is 5.82 Å². The highest BCUT2D eigenvalue weighted by atomic mass is 32.2. The van der Waals surface area contributed by atoms with Gasteiger partial charge in [-0.25, -0.2) is 19.3 Å². The molecule has 0 saturated carbocycles. The number of carbonyl (C=O) groups excluding carboxylic acids is 4. The molecular formula is C27H39N7O19P3S-5. The first kappa shape index (κ1) is 48.4. The number of anilines is 1. The van der Waals surface area contributed by atoms with Crippen LogP contribution in [-0.4, -0.2) is 109 Å². The normalized spacial score (nSPS) is 23.3. The van der Waals surface area contributed by atoms with Gasteiger partial charge in [-0.2, -0.15) is 0 Å². The molecule has 8 atom stereocenters. The second-order valence-corrected chi connectivity index (χ2v) is 18.2. The smallest absolute Gasteiger partial charge is 0.274 e. The summed E-state index contributed by atoms with van der Waals surface area (Å²) in [6.07, 6.45) is -6.26. The number of nitrogens with one attached hydrogen (secondary N) is 2. The Bertz CT molecular complexity index is 1930. The molecule has 3 rings (SSSR count). The summed E-state index contributed by atoms with van der Waals surface area (Å²) in [6, 6.07) is 0. The van der Waals surface area contributed by atoms with Crippen molar-refractivity contribution in [2.75, 3.05) is 37.8 Å². The van der Waals surface area contributed by atoms with Crippen LogP contribution in [0.25, 0.3) is 11.2 Å². The average Bonchev–Trinajstić information content (AvgIpc) is 3.64. The fourth-order valence-electron chi connectivity index (χ4n) is 5.10. The number of amides is 2. The van der Waals surface area contributed by atoms with Crippen molar-refractivity contribution in [2.45, 2.75) is 70.7 Å². The van der Waals surface area contributed by atoms with E-state index in [1.54, 1.807) is 0 Å². The fourth-order valence-corrected chi connectivity index (χ4v) is 8.70. The van der Waals surface area contributed by atoms with Crippen molar-refractivity contribution in [3.8, 4) is 0 Å². The Morgan fingerprint density at radius 3 is 2.35 bits per heavy atom. The maximum absolute atomic E-state index is 12.6. The largest absolute Gasteiger partial charge is 0.790 e. The van der Waals surface area contributed by atoms with Crippen LogP contribution in [0.5, 0.6) is 0 Å². The summed E-state index contributed by atoms with van der Waals surface area (Å²) in [6.45, 7) is 2.34. The van der Waals surface area contributed by atoms with Gasteiger partial charge in [-0.05, 0) is 13.3 Å². The predicted molar refractivity (Wildman–Crippen MR) is 182 cm³/mol. The number of nitrogens with zero attached hydrogens (tertiary/aromatic N) is 4. The molecule has 57 heavy (non-hydrogen) atoms. The Labute approximate surface area is 327 Å². The maximum atomic E-state index is 12.6. The van der Waals surface area contributed by atoms with Crippen LogP contribution in [0, 0.1) is 11.3 Å². The number of aliphatic carboxylic acids is 1. The van der Waals surface area contributed by atoms with Crippen LogP contribution in [-0.2, 0) is 61.2 Å². The van der Waals surface area contributed by atoms with Gasteiger partial charge in [-0.15, -0.1) is 0 Å². The van der Waals surface area contributed by atoms with E-state index in [4.69, 9.17) is 10.5 Å². The summed E-state index contributed by atoms with van der Waals surface area (Å²) in [5.74, 6) is -4.46. The number of ether oxygens (including phenoxy) is 1. The van der Waals surface area contributed by atoms with Gasteiger partial charge in [0.25, 0.3) is 15.6 Å². The molecule has 26 nitrogen and oxygen atoms in total. The Morgan fingerprint density at radius 1 is 1.09 bits per heavy atom. The number of phosphoric acid groups is 3. The van der Waals surface area contributed by atoms with Crippen LogP contribution in [0.1, 0.15) is 40.5 Å². The molecule has 2 aromatic rings. The molecule has 322 valence electrons. The molecule has 0 aromatic carbocycles. The van der Waals surface area contributed by atoms with E-state index in [9.17, 15) is 67.8 Å². The minimum atomic E-state index is -5.96. The molecule has 30 heteroatoms. The topological polar surface area (TPSA) is 415 Å². The molecule has 6 N–H and O–H groups in total. The summed E-state index contributed by atoms with van der Waals surface area (Å²) in [4.78, 5) is 107. The zero-order valence-electron chi connectivity index (χ0n) is 30.4. The average molecular weight is 891 g/mol. The zero-order valence-corrected chi connectivity index (χ0v) is 33.9. The first-order chi connectivity index (χ1) is 26.2. The quantitative estimate of drug-likeness (QED) is 0.0420. The van der Waals surface area contributed by atoms with E-state index < -0.39 is 101 Å². The molecule has 1 saturated heterocycles. The minimum Gasteiger partial charge on any atom is -0.790 e. The maximum Gasteiger partial charge on any atom is 0.274 e. The van der Waals surface area contributed by atoms with Gasteiger partial charge in [-0.1, -0.05) is 32.5 Å². The number of aliphatic hydroxyl groups is 2. The summed E-state index contributed by atoms with van der Waals surface area (Å²) >= 11 is 0.699. The van der Waals surface area contributed by atoms with Crippen molar-refractivity contribution in [2.24, 2.45) is 11.3 Å². The van der Waals surface area contributed by atoms with Crippen LogP contribution in [0.3, 0.4) is 0 Å². The van der Waals surface area contributed by atoms with Gasteiger partial charge in [0.1, 0.15) is 36.3 Å². The van der Waals surface area contributed by atoms with Crippen molar-refractivity contribution in [1.82, 2.24) is 30.2 Å². The summed E-state index contributed by atoms with van der Waals surface area (Å²) in [7, 11) is -17.7. The number of hydrogen-bond donors (Lipinski definition) is 5. The molecule has 0 bridgehead atoms. The van der Waals surface area contributed by atoms with Gasteiger partial charge in [0.2, 0.25) is 11.8 Å². The Balaban J connectivity index is 1.52. The molecule has 8 unspecified atom stereocenters. The highest BCUT2D eigenvalue weighted by Gasteiger charge is 2.55. The van der Waals surface area contributed by atoms with Crippen LogP contribution < -0.4 is 41.0 Å². The number of carboxylic acid groups (broad SMARTS) is 1. The molecule has 0 spiro atoms. The SMILES string of the molecule is CCC(C(=O)[O-])C(=O)SCCNC(=O)CCNC(=O)C(O)C(C)(C)COP(=O)([O-])OP(=O)([O-])OCC1OC(C)(n2cnc3c(N)ncnc32)C(O)C1OP(=O)([O-])[O-]. The molecule has 1 aliphatic rings. The van der Waals surface area contributed by atoms with E-state index in [1.807, 2.05) is 0 Å². The number of aliphatic hydroxyl groups excluding tert-OH is 2. The highest BCUT2D eigenvalue weighted by Crippen LogP contribution is 2.56. The predicted octanol–water partition coefficient (Wildman–Crippen LogP) is -4.91. The zero-order chi connectivity index (χ0) is 43.1. The van der Waals surface area contributed by atoms with Gasteiger partial charge < -0.3 is 78.9 Å². The number of aromatic nitrogens is 4. The minimum absolute atomic E-state index is 0.00738. The van der Waals surface area contributed by atoms with E-state index >= 15 is 0 Å². The number of imidazole rings is 1. The lowest BCUT2D eigenvalue weighted by Gasteiger charge is -2.36. The lowest BCUT2D eigenvalue weighted by atomic mass is 9.87. The van der Waals surface area contributed by atoms with Gasteiger partial charge in [-0.3, -0.25) is 28.1 Å². The molecule has 1 aliphatic heterocycles. The number of nitrogens with two attached hydrogens (primary N) is 1. The molecule has 0 radical (unpaired) electrons. The number of rotatable bonds is 22. The van der Waals surface area contributed by atoms with Crippen molar-refractivity contribution in [3.05, 3.63) is 12.7 Å². The van der Waals surface area contributed by atoms with Crippen molar-refractivity contribution in [3.63, 3.8) is 0 Å². The second kappa shape index (κ2) is 19.4. The van der Waals surface area contributed by atoms with Crippen LogP contribution in [0.2, 0.25) is 0 Å². The molecule has 1 fully saturated rings. The van der Waals surface area contributed by atoms with Gasteiger partial charge in [0, 0.05) is 30.7 Å². The standard InChI is InChI=1S/C27H44N7O19P3S/c1-5-14(24(39)40)25(41)57-9-8-29-16(35)6-7-30-23(38)20(37)26(2,3)11-50-56(47,48)53-55(45,46)49-10-15-18(52-54(42,43)44)19(36)27(4,51-15)34-13-33-17-21(28)31-12-32-22(17)34/h12-15,18-20,36-37H,5-11H2,1-4H3,(H,29,35)(H,30,38)(H,39,40)(H,45,46)(H,47,48)(H2,28,31,32)(H2,42,43,44)/p-5. The summed E-state index contributed by atoms with van der Waals surface area (Å²) in [5, 5.41) is 36.5. The van der Waals surface area contributed by atoms with Crippen molar-refractivity contribution < 1.29 is 90.4 Å². The number of phosphoric ester groups is 3. The second-order valence-electron chi connectivity index (χ2n) is 13.0. The van der Waals surface area contributed by atoms with E-state index in [2.05, 4.69) is 43.5 Å². The van der Waals surface area contributed by atoms with Crippen LogP contribution >= 0.6 is 35.2 Å². The Hall–Kier alpha value is -2.97. The number of nitrogen functional groups attached to an aromatic ring is 1. The lowest BCUT2D eigenvalue weighted by Crippen LogP contribution is -2.46. The number of carbonyl (C=O) groups is 4. The third-order valence-corrected chi connectivity index (χ3v) is 12.2. The number of carboxylic acids is 1. The Morgan fingerprint density at radius 2 is 1.74 bits per heavy atom. The molecule has 2 amide bonds. The van der Waals surface area contributed by atoms with E-state index in [0.29, 0.717) is 11.8 Å². The third-order valence-electron chi connectivity index (χ3n) is 8.18. The monoisotopic (exact) mass is 890 g/mol. The number of hydrogen-bond acceptors (Lipinski definition) is 24. The summed E-state index contributed by atoms with van der Waals surface area (Å²) in [5.41, 5.74) is 1.93. The summed E-state index contributed by atoms with van der Waals surface area (Å²) < 4.78 is 60.9. The molecule has 2 aromatic heterocycles. The van der Waals surface area contributed by atoms with Crippen molar-refractivity contribution in [1.29, 1.82) is 0 Å². The highest BCUT2D eigenvalue weighted by molar-refractivity contribution is 8.13. The first-order valence-electron chi connectivity index (χ1n) is 16.5. The van der Waals surface area contributed by atoms with Gasteiger partial charge >= 0.3 is 0 Å². The Kier molecular flexibility index (Phi) is 16.5. The van der Waals surface area contributed by atoms with Crippen molar-refractivity contribution >= 4 is 75.1 Å². The van der Waals surface area contributed by atoms with E-state index in [1.165, 1.54) is 6.92 Å². The first-order valence-corrected chi connectivity index (χ1v) is 21.8. The van der Waals surface area contributed by atoms with Gasteiger partial charge in [0.05, 0.1) is 39.3 Å². The van der Waals surface area contributed by atoms with Gasteiger partial charge in [0.15, 0.2) is 22.3 Å². The molecular weight excluding hydrogens is 851 g/mol. The number of fused-ring (bicyclic) bond motifs is 1. The molecule has 0 aliphatic carbocycles. The number of thioether (sulfide) groups is 1. The van der Waals surface area contributed by atoms with E-state index in [0.717, 1.165) is 38.0 Å². The third kappa shape index (κ3) is 13.3. The van der Waals surface area contributed by atoms with Crippen LogP contribution in [0.15, 0.2) is 12.7 Å². The lowest BCUT2D eigenvalue weighted by molar-refractivity contribution is -0.347. The van der Waals surface area contributed by atoms with E-state index in [-0.39, 0.29) is 48.7 Å². The fraction of sp³-hybridized carbons (Fsp3) is 0.667.